The lowest BCUT2D eigenvalue weighted by molar-refractivity contribution is -0.118. The van der Waals surface area contributed by atoms with Gasteiger partial charge in [-0.25, -0.2) is 9.67 Å². The summed E-state index contributed by atoms with van der Waals surface area (Å²) in [5.41, 5.74) is 3.32. The largest absolute Gasteiger partial charge is 0.325 e. The van der Waals surface area contributed by atoms with Crippen molar-refractivity contribution in [3.63, 3.8) is 0 Å². The van der Waals surface area contributed by atoms with Gasteiger partial charge in [0.15, 0.2) is 0 Å². The second kappa shape index (κ2) is 9.79. The number of nitrogens with zero attached hydrogens (tertiary/aromatic N) is 5. The Bertz CT molecular complexity index is 1340. The number of fused-ring (bicyclic) bond motifs is 1. The van der Waals surface area contributed by atoms with E-state index >= 15 is 0 Å². The number of nitrogens with one attached hydrogen (secondary N) is 1. The Kier molecular flexibility index (Phi) is 6.42. The molecule has 9 heteroatoms. The summed E-state index contributed by atoms with van der Waals surface area (Å²) in [6.45, 7) is 1.86. The van der Waals surface area contributed by atoms with E-state index in [1.54, 1.807) is 17.1 Å². The topological polar surface area (TPSA) is 85.1 Å². The smallest absolute Gasteiger partial charge is 0.249 e. The van der Waals surface area contributed by atoms with Crippen molar-refractivity contribution in [3.05, 3.63) is 95.3 Å². The van der Waals surface area contributed by atoms with E-state index in [4.69, 9.17) is 16.7 Å². The van der Waals surface area contributed by atoms with Gasteiger partial charge >= 0.3 is 0 Å². The molecule has 170 valence electrons. The second-order valence-corrected chi connectivity index (χ2v) is 9.18. The highest BCUT2D eigenvalue weighted by molar-refractivity contribution is 7.98. The zero-order valence-corrected chi connectivity index (χ0v) is 19.9. The number of carbonyl (C=O) groups excluding carboxylic acids is 1. The molecule has 0 aliphatic carbocycles. The molecule has 0 bridgehead atoms. The number of rotatable bonds is 6. The van der Waals surface area contributed by atoms with E-state index in [0.717, 1.165) is 16.8 Å². The van der Waals surface area contributed by atoms with Gasteiger partial charge in [0.05, 0.1) is 6.04 Å². The molecule has 2 aromatic heterocycles. The van der Waals surface area contributed by atoms with Crippen LogP contribution in [-0.2, 0) is 10.5 Å². The van der Waals surface area contributed by atoms with Crippen LogP contribution in [0.5, 0.6) is 0 Å². The predicted octanol–water partition coefficient (Wildman–Crippen LogP) is 5.57. The van der Waals surface area contributed by atoms with Gasteiger partial charge in [0.2, 0.25) is 17.0 Å². The summed E-state index contributed by atoms with van der Waals surface area (Å²) in [6.07, 6.45) is 3.43. The van der Waals surface area contributed by atoms with Crippen molar-refractivity contribution in [2.24, 2.45) is 10.9 Å². The predicted molar refractivity (Wildman–Crippen MR) is 135 cm³/mol. The number of aromatic nitrogens is 4. The molecule has 0 radical (unpaired) electrons. The molecule has 0 saturated carbocycles. The third kappa shape index (κ3) is 4.60. The lowest BCUT2D eigenvalue weighted by Crippen LogP contribution is -2.39. The van der Waals surface area contributed by atoms with Crippen LogP contribution in [0.2, 0.25) is 5.02 Å². The number of hydrogen-bond donors (Lipinski definition) is 1. The third-order valence-corrected chi connectivity index (χ3v) is 6.84. The van der Waals surface area contributed by atoms with Crippen LogP contribution < -0.4 is 5.32 Å². The van der Waals surface area contributed by atoms with Crippen LogP contribution in [0.25, 0.3) is 0 Å². The van der Waals surface area contributed by atoms with Gasteiger partial charge in [0.25, 0.3) is 0 Å². The van der Waals surface area contributed by atoms with Crippen molar-refractivity contribution in [2.45, 2.75) is 23.9 Å². The lowest BCUT2D eigenvalue weighted by atomic mass is 9.88. The SMILES string of the molecule is CC1=Nc2nc(SCc3ccccc3Cl)nn2C(c2ccncc2)C1C(=O)Nc1ccccc1. The maximum atomic E-state index is 13.4. The molecular formula is C25H21ClN6OS. The molecule has 34 heavy (non-hydrogen) atoms. The van der Waals surface area contributed by atoms with E-state index in [1.165, 1.54) is 11.8 Å². The zero-order valence-electron chi connectivity index (χ0n) is 18.3. The molecule has 1 aliphatic rings. The normalized spacial score (nSPS) is 17.1. The van der Waals surface area contributed by atoms with Crippen LogP contribution in [0.15, 0.2) is 89.3 Å². The fourth-order valence-corrected chi connectivity index (χ4v) is 5.05. The first-order chi connectivity index (χ1) is 16.6. The molecule has 2 atom stereocenters. The van der Waals surface area contributed by atoms with Crippen LogP contribution in [0.3, 0.4) is 0 Å². The Hall–Kier alpha value is -3.49. The van der Waals surface area contributed by atoms with Crippen molar-refractivity contribution in [1.29, 1.82) is 0 Å². The van der Waals surface area contributed by atoms with Crippen LogP contribution in [-0.4, -0.2) is 31.4 Å². The van der Waals surface area contributed by atoms with Gasteiger partial charge in [-0.05, 0) is 48.4 Å². The number of benzene rings is 2. The van der Waals surface area contributed by atoms with Crippen molar-refractivity contribution in [2.75, 3.05) is 5.32 Å². The van der Waals surface area contributed by atoms with E-state index in [1.807, 2.05) is 73.7 Å². The number of para-hydroxylation sites is 1. The highest BCUT2D eigenvalue weighted by Gasteiger charge is 2.39. The average Bonchev–Trinajstić information content (AvgIpc) is 3.26. The Morgan fingerprint density at radius 3 is 2.56 bits per heavy atom. The molecule has 3 heterocycles. The summed E-state index contributed by atoms with van der Waals surface area (Å²) >= 11 is 7.78. The Morgan fingerprint density at radius 2 is 1.79 bits per heavy atom. The van der Waals surface area contributed by atoms with Gasteiger partial charge in [-0.2, -0.15) is 4.98 Å². The number of anilines is 1. The maximum Gasteiger partial charge on any atom is 0.249 e. The number of halogens is 1. The molecule has 1 amide bonds. The molecule has 2 aromatic carbocycles. The average molecular weight is 489 g/mol. The minimum atomic E-state index is -0.557. The Labute approximate surface area is 206 Å². The fraction of sp³-hybridized carbons (Fsp3) is 0.160. The van der Waals surface area contributed by atoms with Gasteiger partial charge in [0.1, 0.15) is 5.92 Å². The summed E-state index contributed by atoms with van der Waals surface area (Å²) in [4.78, 5) is 26.9. The molecule has 4 aromatic rings. The molecule has 0 fully saturated rings. The summed E-state index contributed by atoms with van der Waals surface area (Å²) in [5.74, 6) is 0.396. The van der Waals surface area contributed by atoms with Gasteiger partial charge in [-0.15, -0.1) is 5.10 Å². The molecule has 1 aliphatic heterocycles. The summed E-state index contributed by atoms with van der Waals surface area (Å²) in [6, 6.07) is 20.5. The Balaban J connectivity index is 1.48. The highest BCUT2D eigenvalue weighted by atomic mass is 35.5. The molecule has 1 N–H and O–H groups in total. The molecule has 2 unspecified atom stereocenters. The number of thioether (sulfide) groups is 1. The lowest BCUT2D eigenvalue weighted by Gasteiger charge is -2.30. The second-order valence-electron chi connectivity index (χ2n) is 7.83. The van der Waals surface area contributed by atoms with Crippen molar-refractivity contribution >= 4 is 46.6 Å². The summed E-state index contributed by atoms with van der Waals surface area (Å²) in [5, 5.41) is 9.05. The highest BCUT2D eigenvalue weighted by Crippen LogP contribution is 2.37. The first-order valence-corrected chi connectivity index (χ1v) is 12.1. The first-order valence-electron chi connectivity index (χ1n) is 10.7. The number of pyridine rings is 1. The number of amides is 1. The summed E-state index contributed by atoms with van der Waals surface area (Å²) < 4.78 is 1.74. The molecule has 5 rings (SSSR count). The molecule has 0 saturated heterocycles. The van der Waals surface area contributed by atoms with Gasteiger partial charge < -0.3 is 5.32 Å². The maximum absolute atomic E-state index is 13.4. The van der Waals surface area contributed by atoms with Gasteiger partial charge in [-0.3, -0.25) is 9.78 Å². The van der Waals surface area contributed by atoms with Gasteiger partial charge in [-0.1, -0.05) is 59.8 Å². The zero-order chi connectivity index (χ0) is 23.5. The monoisotopic (exact) mass is 488 g/mol. The van der Waals surface area contributed by atoms with Crippen LogP contribution in [0.1, 0.15) is 24.1 Å². The van der Waals surface area contributed by atoms with E-state index in [0.29, 0.717) is 27.6 Å². The van der Waals surface area contributed by atoms with Crippen molar-refractivity contribution < 1.29 is 4.79 Å². The molecule has 7 nitrogen and oxygen atoms in total. The number of hydrogen-bond acceptors (Lipinski definition) is 6. The molecule has 0 spiro atoms. The summed E-state index contributed by atoms with van der Waals surface area (Å²) in [7, 11) is 0. The minimum absolute atomic E-state index is 0.152. The van der Waals surface area contributed by atoms with Gasteiger partial charge in [0, 0.05) is 34.6 Å². The first kappa shape index (κ1) is 22.3. The van der Waals surface area contributed by atoms with Crippen LogP contribution >= 0.6 is 23.4 Å². The number of aliphatic imine (C=N–C) groups is 1. The standard InChI is InChI=1S/C25H21ClN6OS/c1-16-21(23(33)29-19-8-3-2-4-9-19)22(17-11-13-27-14-12-17)32-24(28-16)30-25(31-32)34-15-18-7-5-6-10-20(18)26/h2-14,21-22H,15H2,1H3,(H,29,33). The van der Waals surface area contributed by atoms with Crippen LogP contribution in [0, 0.1) is 5.92 Å². The Morgan fingerprint density at radius 1 is 1.06 bits per heavy atom. The fourth-order valence-electron chi connectivity index (χ4n) is 3.94. The minimum Gasteiger partial charge on any atom is -0.325 e. The van der Waals surface area contributed by atoms with E-state index < -0.39 is 12.0 Å². The molecular weight excluding hydrogens is 468 g/mol. The van der Waals surface area contributed by atoms with E-state index in [2.05, 4.69) is 20.3 Å². The van der Waals surface area contributed by atoms with E-state index in [9.17, 15) is 4.79 Å². The quantitative estimate of drug-likeness (QED) is 0.359. The van der Waals surface area contributed by atoms with Crippen molar-refractivity contribution in [1.82, 2.24) is 19.7 Å². The number of carbonyl (C=O) groups is 1. The van der Waals surface area contributed by atoms with E-state index in [-0.39, 0.29) is 5.91 Å². The third-order valence-electron chi connectivity index (χ3n) is 5.59. The van der Waals surface area contributed by atoms with Crippen LogP contribution in [0.4, 0.5) is 11.6 Å². The van der Waals surface area contributed by atoms with Crippen molar-refractivity contribution in [3.8, 4) is 0 Å².